The van der Waals surface area contributed by atoms with Crippen molar-refractivity contribution in [3.8, 4) is 0 Å². The van der Waals surface area contributed by atoms with E-state index in [0.29, 0.717) is 11.8 Å². The van der Waals surface area contributed by atoms with E-state index in [2.05, 4.69) is 24.1 Å². The minimum absolute atomic E-state index is 0.0946. The number of amides is 1. The maximum atomic E-state index is 12.2. The zero-order valence-electron chi connectivity index (χ0n) is 12.5. The fourth-order valence-electron chi connectivity index (χ4n) is 3.99. The van der Waals surface area contributed by atoms with Crippen molar-refractivity contribution in [1.29, 1.82) is 0 Å². The van der Waals surface area contributed by atoms with E-state index in [0.717, 1.165) is 45.4 Å². The molecule has 0 radical (unpaired) electrons. The lowest BCUT2D eigenvalue weighted by molar-refractivity contribution is -0.134. The van der Waals surface area contributed by atoms with Gasteiger partial charge in [-0.05, 0) is 31.1 Å². The molecule has 110 valence electrons. The average Bonchev–Trinajstić information content (AvgIpc) is 2.39. The normalized spacial score (nSPS) is 33.5. The molecule has 2 rings (SSSR count). The number of hydrogen-bond acceptors (Lipinski definition) is 3. The smallest absolute Gasteiger partial charge is 0.237 e. The van der Waals surface area contributed by atoms with Crippen LogP contribution in [-0.2, 0) is 4.79 Å². The van der Waals surface area contributed by atoms with Crippen LogP contribution < -0.4 is 11.1 Å². The molecule has 19 heavy (non-hydrogen) atoms. The van der Waals surface area contributed by atoms with Crippen molar-refractivity contribution in [2.45, 2.75) is 51.5 Å². The van der Waals surface area contributed by atoms with Gasteiger partial charge in [-0.25, -0.2) is 0 Å². The van der Waals surface area contributed by atoms with Crippen LogP contribution in [0, 0.1) is 11.8 Å². The Bertz CT molecular complexity index is 313. The summed E-state index contributed by atoms with van der Waals surface area (Å²) >= 11 is 0. The van der Waals surface area contributed by atoms with Gasteiger partial charge >= 0.3 is 0 Å². The van der Waals surface area contributed by atoms with Crippen LogP contribution in [0.2, 0.25) is 0 Å². The molecule has 0 aromatic rings. The Kier molecular flexibility index (Phi) is 4.85. The van der Waals surface area contributed by atoms with Crippen LogP contribution in [0.1, 0.15) is 46.0 Å². The molecule has 1 saturated heterocycles. The molecule has 0 spiro atoms. The summed E-state index contributed by atoms with van der Waals surface area (Å²) in [4.78, 5) is 14.5. The molecule has 0 aromatic carbocycles. The van der Waals surface area contributed by atoms with E-state index in [-0.39, 0.29) is 11.4 Å². The van der Waals surface area contributed by atoms with Gasteiger partial charge in [-0.15, -0.1) is 0 Å². The second-order valence-corrected chi connectivity index (χ2v) is 6.72. The molecule has 1 heterocycles. The van der Waals surface area contributed by atoms with Crippen molar-refractivity contribution >= 4 is 5.91 Å². The molecule has 4 heteroatoms. The average molecular weight is 267 g/mol. The first kappa shape index (κ1) is 14.8. The van der Waals surface area contributed by atoms with Crippen LogP contribution in [0.5, 0.6) is 0 Å². The highest BCUT2D eigenvalue weighted by Crippen LogP contribution is 2.39. The minimum atomic E-state index is -0.361. The standard InChI is InChI=1S/C15H29N3O/c1-12(2)10-13-4-3-5-15(11-13,14(16)19)18-8-6-17-7-9-18/h12-13,17H,3-11H2,1-2H3,(H2,16,19). The first-order chi connectivity index (χ1) is 9.04. The summed E-state index contributed by atoms with van der Waals surface area (Å²) in [5.74, 6) is 1.27. The lowest BCUT2D eigenvalue weighted by Crippen LogP contribution is -2.63. The molecule has 1 amide bonds. The van der Waals surface area contributed by atoms with E-state index >= 15 is 0 Å². The van der Waals surface area contributed by atoms with Crippen LogP contribution in [0.25, 0.3) is 0 Å². The number of primary amides is 1. The second-order valence-electron chi connectivity index (χ2n) is 6.72. The zero-order valence-corrected chi connectivity index (χ0v) is 12.5. The van der Waals surface area contributed by atoms with Crippen LogP contribution in [0.3, 0.4) is 0 Å². The van der Waals surface area contributed by atoms with Crippen LogP contribution in [0.4, 0.5) is 0 Å². The Hall–Kier alpha value is -0.610. The van der Waals surface area contributed by atoms with E-state index in [1.807, 2.05) is 0 Å². The van der Waals surface area contributed by atoms with E-state index in [9.17, 15) is 4.79 Å². The van der Waals surface area contributed by atoms with Gasteiger partial charge in [0.15, 0.2) is 0 Å². The zero-order chi connectivity index (χ0) is 13.9. The third-order valence-electron chi connectivity index (χ3n) is 4.81. The molecule has 2 aliphatic rings. The lowest BCUT2D eigenvalue weighted by Gasteiger charge is -2.48. The van der Waals surface area contributed by atoms with Crippen LogP contribution >= 0.6 is 0 Å². The Morgan fingerprint density at radius 3 is 2.68 bits per heavy atom. The van der Waals surface area contributed by atoms with Gasteiger partial charge < -0.3 is 11.1 Å². The molecule has 1 saturated carbocycles. The van der Waals surface area contributed by atoms with Crippen LogP contribution in [0.15, 0.2) is 0 Å². The molecule has 2 unspecified atom stereocenters. The monoisotopic (exact) mass is 267 g/mol. The summed E-state index contributed by atoms with van der Waals surface area (Å²) in [7, 11) is 0. The first-order valence-electron chi connectivity index (χ1n) is 7.80. The SMILES string of the molecule is CC(C)CC1CCCC(C(N)=O)(N2CCNCC2)C1. The van der Waals surface area contributed by atoms with Gasteiger partial charge in [0.1, 0.15) is 5.54 Å². The molecule has 2 fully saturated rings. The third-order valence-corrected chi connectivity index (χ3v) is 4.81. The highest BCUT2D eigenvalue weighted by Gasteiger charge is 2.46. The number of nitrogens with one attached hydrogen (secondary N) is 1. The topological polar surface area (TPSA) is 58.4 Å². The summed E-state index contributed by atoms with van der Waals surface area (Å²) in [5, 5.41) is 3.36. The fraction of sp³-hybridized carbons (Fsp3) is 0.933. The highest BCUT2D eigenvalue weighted by atomic mass is 16.1. The van der Waals surface area contributed by atoms with Gasteiger partial charge in [0.05, 0.1) is 0 Å². The van der Waals surface area contributed by atoms with E-state index in [1.165, 1.54) is 12.8 Å². The molecule has 0 aromatic heterocycles. The van der Waals surface area contributed by atoms with Gasteiger partial charge in [-0.3, -0.25) is 9.69 Å². The maximum absolute atomic E-state index is 12.2. The largest absolute Gasteiger partial charge is 0.368 e. The predicted octanol–water partition coefficient (Wildman–Crippen LogP) is 1.35. The summed E-state index contributed by atoms with van der Waals surface area (Å²) in [5.41, 5.74) is 5.46. The van der Waals surface area contributed by atoms with Gasteiger partial charge in [0.2, 0.25) is 5.91 Å². The summed E-state index contributed by atoms with van der Waals surface area (Å²) < 4.78 is 0. The number of carbonyl (C=O) groups excluding carboxylic acids is 1. The predicted molar refractivity (Wildman–Crippen MR) is 77.8 cm³/mol. The molecular formula is C15H29N3O. The summed E-state index contributed by atoms with van der Waals surface area (Å²) in [6, 6.07) is 0. The number of piperazine rings is 1. The third kappa shape index (κ3) is 3.29. The summed E-state index contributed by atoms with van der Waals surface area (Å²) in [6.07, 6.45) is 5.56. The first-order valence-corrected chi connectivity index (χ1v) is 7.80. The van der Waals surface area contributed by atoms with Gasteiger partial charge in [-0.1, -0.05) is 26.7 Å². The van der Waals surface area contributed by atoms with Crippen LogP contribution in [-0.4, -0.2) is 42.5 Å². The minimum Gasteiger partial charge on any atom is -0.368 e. The van der Waals surface area contributed by atoms with E-state index in [4.69, 9.17) is 5.73 Å². The molecule has 0 bridgehead atoms. The number of nitrogens with zero attached hydrogens (tertiary/aromatic N) is 1. The number of carbonyl (C=O) groups is 1. The van der Waals surface area contributed by atoms with Crippen molar-refractivity contribution in [2.24, 2.45) is 17.6 Å². The fourth-order valence-corrected chi connectivity index (χ4v) is 3.99. The number of hydrogen-bond donors (Lipinski definition) is 2. The molecule has 3 N–H and O–H groups in total. The molecule has 2 atom stereocenters. The van der Waals surface area contributed by atoms with Crippen molar-refractivity contribution in [1.82, 2.24) is 10.2 Å². The van der Waals surface area contributed by atoms with E-state index in [1.54, 1.807) is 0 Å². The Morgan fingerprint density at radius 1 is 1.42 bits per heavy atom. The summed E-state index contributed by atoms with van der Waals surface area (Å²) in [6.45, 7) is 8.40. The van der Waals surface area contributed by atoms with Gasteiger partial charge in [0, 0.05) is 26.2 Å². The molecule has 1 aliphatic heterocycles. The van der Waals surface area contributed by atoms with E-state index < -0.39 is 0 Å². The number of rotatable bonds is 4. The Balaban J connectivity index is 2.11. The van der Waals surface area contributed by atoms with Crippen molar-refractivity contribution in [2.75, 3.05) is 26.2 Å². The van der Waals surface area contributed by atoms with Crippen molar-refractivity contribution < 1.29 is 4.79 Å². The lowest BCUT2D eigenvalue weighted by atomic mass is 9.71. The Labute approximate surface area is 117 Å². The maximum Gasteiger partial charge on any atom is 0.237 e. The number of nitrogens with two attached hydrogens (primary N) is 1. The Morgan fingerprint density at radius 2 is 2.11 bits per heavy atom. The second kappa shape index (κ2) is 6.23. The van der Waals surface area contributed by atoms with Gasteiger partial charge in [0.25, 0.3) is 0 Å². The van der Waals surface area contributed by atoms with Crippen molar-refractivity contribution in [3.63, 3.8) is 0 Å². The molecule has 1 aliphatic carbocycles. The molecular weight excluding hydrogens is 238 g/mol. The molecule has 4 nitrogen and oxygen atoms in total. The quantitative estimate of drug-likeness (QED) is 0.808. The van der Waals surface area contributed by atoms with Gasteiger partial charge in [-0.2, -0.15) is 0 Å². The highest BCUT2D eigenvalue weighted by molar-refractivity contribution is 5.84. The van der Waals surface area contributed by atoms with Crippen molar-refractivity contribution in [3.05, 3.63) is 0 Å².